The largest absolute Gasteiger partial charge is 0.320 e. The van der Waals surface area contributed by atoms with Crippen LogP contribution in [0.25, 0.3) is 0 Å². The molecule has 0 aliphatic rings. The van der Waals surface area contributed by atoms with Gasteiger partial charge in [0.05, 0.1) is 5.69 Å². The van der Waals surface area contributed by atoms with Crippen molar-refractivity contribution in [2.24, 2.45) is 0 Å². The van der Waals surface area contributed by atoms with Crippen molar-refractivity contribution in [3.05, 3.63) is 59.3 Å². The number of nitrogens with one attached hydrogen (secondary N) is 1. The van der Waals surface area contributed by atoms with Crippen LogP contribution in [0.5, 0.6) is 0 Å². The number of benzene rings is 2. The van der Waals surface area contributed by atoms with Crippen LogP contribution in [0.2, 0.25) is 0 Å². The van der Waals surface area contributed by atoms with Gasteiger partial charge in [-0.1, -0.05) is 31.9 Å². The molecule has 0 aliphatic carbocycles. The summed E-state index contributed by atoms with van der Waals surface area (Å²) in [4.78, 5) is 12.3. The van der Waals surface area contributed by atoms with Crippen molar-refractivity contribution in [1.29, 1.82) is 0 Å². The molecule has 0 radical (unpaired) electrons. The monoisotopic (exact) mass is 523 g/mol. The van der Waals surface area contributed by atoms with Crippen molar-refractivity contribution >= 4 is 75.3 Å². The van der Waals surface area contributed by atoms with E-state index in [2.05, 4.69) is 69.0 Å². The van der Waals surface area contributed by atoms with Gasteiger partial charge in [-0.25, -0.2) is 0 Å². The molecule has 2 rings (SSSR count). The Labute approximate surface area is 150 Å². The number of carbonyl (C=O) groups excluding carboxylic acids is 1. The third-order valence-electron chi connectivity index (χ3n) is 2.55. The van der Waals surface area contributed by atoms with E-state index in [1.54, 1.807) is 12.1 Å². The normalized spacial score (nSPS) is 10.4. The molecule has 20 heavy (non-hydrogen) atoms. The predicted molar refractivity (Wildman–Crippen MR) is 96.4 cm³/mol. The number of carbonyl (C=O) groups is 1. The van der Waals surface area contributed by atoms with Gasteiger partial charge in [-0.2, -0.15) is 0 Å². The first-order chi connectivity index (χ1) is 9.36. The van der Waals surface area contributed by atoms with Crippen LogP contribution in [-0.4, -0.2) is 5.91 Å². The molecule has 2 aromatic carbocycles. The van der Waals surface area contributed by atoms with Gasteiger partial charge in [-0.05, 0) is 74.7 Å². The van der Waals surface area contributed by atoms with E-state index >= 15 is 0 Å². The summed E-state index contributed by atoms with van der Waals surface area (Å²) in [6.07, 6.45) is 0. The molecule has 0 aromatic heterocycles. The Morgan fingerprint density at radius 3 is 1.90 bits per heavy atom. The molecule has 1 amide bonds. The number of hydrogen-bond acceptors (Lipinski definition) is 1. The molecule has 0 aliphatic heterocycles. The molecule has 0 atom stereocenters. The number of hydrogen-bond donors (Lipinski definition) is 1. The van der Waals surface area contributed by atoms with E-state index in [0.717, 1.165) is 29.1 Å². The van der Waals surface area contributed by atoms with Gasteiger partial charge >= 0.3 is 0 Å². The topological polar surface area (TPSA) is 29.1 Å². The van der Waals surface area contributed by atoms with E-state index in [4.69, 9.17) is 0 Å². The Bertz CT molecular complexity index is 642. The maximum Gasteiger partial charge on any atom is 0.255 e. The zero-order chi connectivity index (χ0) is 14.9. The minimum Gasteiger partial charge on any atom is -0.320 e. The summed E-state index contributed by atoms with van der Waals surface area (Å²) in [6, 6.07) is 9.34. The quantitative estimate of drug-likeness (QED) is 0.489. The van der Waals surface area contributed by atoms with Crippen molar-refractivity contribution in [2.75, 3.05) is 5.32 Å². The van der Waals surface area contributed by atoms with Crippen molar-refractivity contribution < 1.29 is 4.79 Å². The maximum atomic E-state index is 12.3. The second-order valence-corrected chi connectivity index (χ2v) is 7.76. The summed E-state index contributed by atoms with van der Waals surface area (Å²) < 4.78 is 3.37. The maximum absolute atomic E-state index is 12.3. The number of halogens is 4. The van der Waals surface area contributed by atoms with Crippen LogP contribution in [0.1, 0.15) is 15.9 Å². The lowest BCUT2D eigenvalue weighted by molar-refractivity contribution is 0.102. The molecule has 0 heterocycles. The highest BCUT2D eigenvalue weighted by Gasteiger charge is 2.12. The summed E-state index contributed by atoms with van der Waals surface area (Å²) in [6.45, 7) is 1.99. The Morgan fingerprint density at radius 1 is 0.900 bits per heavy atom. The van der Waals surface area contributed by atoms with E-state index in [1.807, 2.05) is 25.1 Å². The Balaban J connectivity index is 2.32. The molecular formula is C14H9Br4NO. The number of amides is 1. The molecule has 6 heteroatoms. The van der Waals surface area contributed by atoms with E-state index in [1.165, 1.54) is 0 Å². The minimum atomic E-state index is -0.169. The molecule has 2 nitrogen and oxygen atoms in total. The Kier molecular flexibility index (Phi) is 5.45. The first kappa shape index (κ1) is 16.2. The number of anilines is 1. The standard InChI is InChI=1S/C14H9Br4NO/c1-7-2-11(17)13(12(18)3-7)19-14(20)8-4-9(15)6-10(16)5-8/h2-6H,1H3,(H,19,20). The SMILES string of the molecule is Cc1cc(Br)c(NC(=O)c2cc(Br)cc(Br)c2)c(Br)c1. The molecule has 0 spiro atoms. The summed E-state index contributed by atoms with van der Waals surface area (Å²) in [5, 5.41) is 2.90. The van der Waals surface area contributed by atoms with Crippen molar-refractivity contribution in [1.82, 2.24) is 0 Å². The lowest BCUT2D eigenvalue weighted by Crippen LogP contribution is -2.13. The van der Waals surface area contributed by atoms with Crippen LogP contribution in [0.4, 0.5) is 5.69 Å². The zero-order valence-electron chi connectivity index (χ0n) is 10.3. The Hall–Kier alpha value is -0.170. The highest BCUT2D eigenvalue weighted by molar-refractivity contribution is 9.11. The first-order valence-electron chi connectivity index (χ1n) is 5.60. The molecule has 0 saturated carbocycles. The molecule has 1 N–H and O–H groups in total. The van der Waals surface area contributed by atoms with Crippen LogP contribution in [0.15, 0.2) is 48.2 Å². The van der Waals surface area contributed by atoms with Crippen molar-refractivity contribution in [2.45, 2.75) is 6.92 Å². The molecule has 2 aromatic rings. The van der Waals surface area contributed by atoms with Gasteiger partial charge in [-0.3, -0.25) is 4.79 Å². The Morgan fingerprint density at radius 2 is 1.40 bits per heavy atom. The van der Waals surface area contributed by atoms with E-state index < -0.39 is 0 Å². The zero-order valence-corrected chi connectivity index (χ0v) is 16.7. The van der Waals surface area contributed by atoms with Crippen molar-refractivity contribution in [3.63, 3.8) is 0 Å². The van der Waals surface area contributed by atoms with E-state index in [-0.39, 0.29) is 5.91 Å². The molecule has 104 valence electrons. The summed E-state index contributed by atoms with van der Waals surface area (Å²) in [5.74, 6) is -0.169. The molecular weight excluding hydrogens is 518 g/mol. The predicted octanol–water partition coefficient (Wildman–Crippen LogP) is 6.30. The smallest absolute Gasteiger partial charge is 0.255 e. The van der Waals surface area contributed by atoms with Gasteiger partial charge in [0.15, 0.2) is 0 Å². The fraction of sp³-hybridized carbons (Fsp3) is 0.0714. The third kappa shape index (κ3) is 3.93. The first-order valence-corrected chi connectivity index (χ1v) is 8.77. The number of aryl methyl sites for hydroxylation is 1. The second kappa shape index (κ2) is 6.73. The van der Waals surface area contributed by atoms with Gasteiger partial charge in [0.25, 0.3) is 5.91 Å². The van der Waals surface area contributed by atoms with Crippen LogP contribution in [0.3, 0.4) is 0 Å². The van der Waals surface area contributed by atoms with E-state index in [0.29, 0.717) is 5.56 Å². The second-order valence-electron chi connectivity index (χ2n) is 4.22. The van der Waals surface area contributed by atoms with Gasteiger partial charge in [0, 0.05) is 23.5 Å². The van der Waals surface area contributed by atoms with Crippen LogP contribution < -0.4 is 5.32 Å². The molecule has 0 unspecified atom stereocenters. The molecule has 0 saturated heterocycles. The fourth-order valence-electron chi connectivity index (χ4n) is 1.69. The lowest BCUT2D eigenvalue weighted by atomic mass is 10.2. The number of rotatable bonds is 2. The van der Waals surface area contributed by atoms with Gasteiger partial charge < -0.3 is 5.32 Å². The van der Waals surface area contributed by atoms with Crippen LogP contribution in [0, 0.1) is 6.92 Å². The molecule has 0 bridgehead atoms. The van der Waals surface area contributed by atoms with Crippen LogP contribution in [-0.2, 0) is 0 Å². The summed E-state index contributed by atoms with van der Waals surface area (Å²) >= 11 is 13.7. The highest BCUT2D eigenvalue weighted by Crippen LogP contribution is 2.33. The summed E-state index contributed by atoms with van der Waals surface area (Å²) in [5.41, 5.74) is 2.40. The van der Waals surface area contributed by atoms with Gasteiger partial charge in [0.2, 0.25) is 0 Å². The van der Waals surface area contributed by atoms with Crippen LogP contribution >= 0.6 is 63.7 Å². The molecule has 0 fully saturated rings. The lowest BCUT2D eigenvalue weighted by Gasteiger charge is -2.11. The average molecular weight is 527 g/mol. The van der Waals surface area contributed by atoms with Gasteiger partial charge in [0.1, 0.15) is 0 Å². The highest BCUT2D eigenvalue weighted by atomic mass is 79.9. The van der Waals surface area contributed by atoms with Crippen molar-refractivity contribution in [3.8, 4) is 0 Å². The fourth-order valence-corrected chi connectivity index (χ4v) is 4.60. The van der Waals surface area contributed by atoms with E-state index in [9.17, 15) is 4.79 Å². The third-order valence-corrected chi connectivity index (χ3v) is 4.72. The van der Waals surface area contributed by atoms with Gasteiger partial charge in [-0.15, -0.1) is 0 Å². The summed E-state index contributed by atoms with van der Waals surface area (Å²) in [7, 11) is 0. The minimum absolute atomic E-state index is 0.169. The average Bonchev–Trinajstić information content (AvgIpc) is 2.32.